The van der Waals surface area contributed by atoms with Crippen LogP contribution in [0.2, 0.25) is 0 Å². The molecule has 0 radical (unpaired) electrons. The summed E-state index contributed by atoms with van der Waals surface area (Å²) in [5, 5.41) is 0. The van der Waals surface area contributed by atoms with Crippen molar-refractivity contribution in [1.29, 1.82) is 0 Å². The largest absolute Gasteiger partial charge is 0.276 e. The van der Waals surface area contributed by atoms with Crippen LogP contribution in [0.15, 0.2) is 73.6 Å². The molecule has 0 atom stereocenters. The van der Waals surface area contributed by atoms with Crippen LogP contribution in [0.5, 0.6) is 0 Å². The standard InChI is InChI=1S/C18H13FN6/c19-15-3-1-13(2-4-15)16-11-17(24-25-10-9-21-12-25)23-18(22-16)14-5-7-20-8-6-14/h1-12H,(H,22,23,24). The molecule has 0 aliphatic rings. The van der Waals surface area contributed by atoms with Crippen LogP contribution in [0, 0.1) is 5.82 Å². The zero-order chi connectivity index (χ0) is 17.1. The van der Waals surface area contributed by atoms with E-state index in [-0.39, 0.29) is 5.82 Å². The van der Waals surface area contributed by atoms with Gasteiger partial charge in [0.05, 0.1) is 5.69 Å². The zero-order valence-electron chi connectivity index (χ0n) is 13.0. The minimum atomic E-state index is -0.288. The van der Waals surface area contributed by atoms with Gasteiger partial charge >= 0.3 is 0 Å². The van der Waals surface area contributed by atoms with E-state index in [1.165, 1.54) is 12.1 Å². The van der Waals surface area contributed by atoms with Crippen molar-refractivity contribution >= 4 is 5.82 Å². The monoisotopic (exact) mass is 332 g/mol. The summed E-state index contributed by atoms with van der Waals surface area (Å²) >= 11 is 0. The van der Waals surface area contributed by atoms with Crippen LogP contribution < -0.4 is 5.43 Å². The fourth-order valence-corrected chi connectivity index (χ4v) is 2.36. The third kappa shape index (κ3) is 3.35. The fraction of sp³-hybridized carbons (Fsp3) is 0. The van der Waals surface area contributed by atoms with Crippen molar-refractivity contribution in [2.24, 2.45) is 0 Å². The SMILES string of the molecule is Fc1ccc(-c2cc(Nn3ccnc3)nc(-c3ccncc3)n2)cc1. The Labute approximate surface area is 143 Å². The number of aromatic nitrogens is 5. The molecule has 0 unspecified atom stereocenters. The predicted molar refractivity (Wildman–Crippen MR) is 91.9 cm³/mol. The third-order valence-corrected chi connectivity index (χ3v) is 3.55. The quantitative estimate of drug-likeness (QED) is 0.620. The van der Waals surface area contributed by atoms with E-state index in [1.807, 2.05) is 12.1 Å². The molecule has 122 valence electrons. The summed E-state index contributed by atoms with van der Waals surface area (Å²) in [5.41, 5.74) is 5.45. The van der Waals surface area contributed by atoms with E-state index in [0.29, 0.717) is 17.3 Å². The minimum absolute atomic E-state index is 0.288. The summed E-state index contributed by atoms with van der Waals surface area (Å²) in [5.74, 6) is 0.856. The van der Waals surface area contributed by atoms with Crippen molar-refractivity contribution in [3.05, 3.63) is 79.4 Å². The molecule has 25 heavy (non-hydrogen) atoms. The molecule has 0 fully saturated rings. The van der Waals surface area contributed by atoms with Crippen molar-refractivity contribution in [3.63, 3.8) is 0 Å². The van der Waals surface area contributed by atoms with Gasteiger partial charge in [-0.15, -0.1) is 0 Å². The van der Waals surface area contributed by atoms with Gasteiger partial charge in [-0.3, -0.25) is 10.4 Å². The maximum atomic E-state index is 13.2. The molecule has 3 heterocycles. The Morgan fingerprint density at radius 1 is 0.840 bits per heavy atom. The molecule has 1 N–H and O–H groups in total. The molecular formula is C18H13FN6. The molecule has 0 spiro atoms. The minimum Gasteiger partial charge on any atom is -0.276 e. The molecule has 0 aliphatic carbocycles. The Balaban J connectivity index is 1.81. The summed E-state index contributed by atoms with van der Waals surface area (Å²) in [6, 6.07) is 11.7. The first-order valence-corrected chi connectivity index (χ1v) is 7.58. The van der Waals surface area contributed by atoms with Crippen LogP contribution in [0.25, 0.3) is 22.6 Å². The van der Waals surface area contributed by atoms with Crippen molar-refractivity contribution in [2.45, 2.75) is 0 Å². The smallest absolute Gasteiger partial charge is 0.162 e. The lowest BCUT2D eigenvalue weighted by atomic mass is 10.1. The van der Waals surface area contributed by atoms with E-state index in [4.69, 9.17) is 0 Å². The highest BCUT2D eigenvalue weighted by atomic mass is 19.1. The maximum Gasteiger partial charge on any atom is 0.162 e. The van der Waals surface area contributed by atoms with Crippen LogP contribution in [0.1, 0.15) is 0 Å². The first-order valence-electron chi connectivity index (χ1n) is 7.58. The molecule has 3 aromatic heterocycles. The van der Waals surface area contributed by atoms with Gasteiger partial charge in [0.15, 0.2) is 5.82 Å². The van der Waals surface area contributed by atoms with Crippen LogP contribution in [0.4, 0.5) is 10.2 Å². The summed E-state index contributed by atoms with van der Waals surface area (Å²) in [7, 11) is 0. The van der Waals surface area contributed by atoms with Crippen molar-refractivity contribution in [1.82, 2.24) is 24.6 Å². The highest BCUT2D eigenvalue weighted by Crippen LogP contribution is 2.24. The lowest BCUT2D eigenvalue weighted by Gasteiger charge is -2.10. The molecule has 0 aliphatic heterocycles. The molecule has 4 rings (SSSR count). The lowest BCUT2D eigenvalue weighted by molar-refractivity contribution is 0.628. The molecule has 6 nitrogen and oxygen atoms in total. The van der Waals surface area contributed by atoms with Crippen molar-refractivity contribution < 1.29 is 4.39 Å². The van der Waals surface area contributed by atoms with Gasteiger partial charge in [0.2, 0.25) is 0 Å². The number of nitrogens with one attached hydrogen (secondary N) is 1. The maximum absolute atomic E-state index is 13.2. The van der Waals surface area contributed by atoms with Gasteiger partial charge in [0.1, 0.15) is 18.0 Å². The normalized spacial score (nSPS) is 10.6. The van der Waals surface area contributed by atoms with E-state index in [0.717, 1.165) is 11.1 Å². The van der Waals surface area contributed by atoms with Gasteiger partial charge < -0.3 is 0 Å². The van der Waals surface area contributed by atoms with E-state index in [9.17, 15) is 4.39 Å². The number of benzene rings is 1. The highest BCUT2D eigenvalue weighted by molar-refractivity contribution is 5.67. The van der Waals surface area contributed by atoms with Crippen molar-refractivity contribution in [2.75, 3.05) is 5.43 Å². The van der Waals surface area contributed by atoms with Crippen LogP contribution in [-0.4, -0.2) is 24.6 Å². The van der Waals surface area contributed by atoms with Gasteiger partial charge in [-0.05, 0) is 36.4 Å². The van der Waals surface area contributed by atoms with Crippen LogP contribution in [-0.2, 0) is 0 Å². The Bertz CT molecular complexity index is 968. The van der Waals surface area contributed by atoms with Crippen molar-refractivity contribution in [3.8, 4) is 22.6 Å². The van der Waals surface area contributed by atoms with E-state index in [2.05, 4.69) is 25.4 Å². The number of nitrogens with zero attached hydrogens (tertiary/aromatic N) is 5. The second kappa shape index (κ2) is 6.48. The molecule has 4 aromatic rings. The summed E-state index contributed by atoms with van der Waals surface area (Å²) < 4.78 is 14.9. The molecule has 0 saturated carbocycles. The number of hydrogen-bond acceptors (Lipinski definition) is 5. The third-order valence-electron chi connectivity index (χ3n) is 3.55. The van der Waals surface area contributed by atoms with E-state index < -0.39 is 0 Å². The fourth-order valence-electron chi connectivity index (χ4n) is 2.36. The summed E-state index contributed by atoms with van der Waals surface area (Å²) in [4.78, 5) is 17.2. The van der Waals surface area contributed by atoms with Gasteiger partial charge in [0, 0.05) is 42.0 Å². The van der Waals surface area contributed by atoms with Crippen LogP contribution >= 0.6 is 0 Å². The highest BCUT2D eigenvalue weighted by Gasteiger charge is 2.09. The van der Waals surface area contributed by atoms with Gasteiger partial charge in [-0.1, -0.05) is 0 Å². The number of imidazole rings is 1. The second-order valence-electron chi connectivity index (χ2n) is 5.29. The predicted octanol–water partition coefficient (Wildman–Crippen LogP) is 3.42. The molecule has 0 bridgehead atoms. The number of anilines is 1. The molecule has 1 aromatic carbocycles. The van der Waals surface area contributed by atoms with Gasteiger partial charge in [-0.25, -0.2) is 24.0 Å². The number of hydrogen-bond donors (Lipinski definition) is 1. The van der Waals surface area contributed by atoms with Crippen LogP contribution in [0.3, 0.4) is 0 Å². The topological polar surface area (TPSA) is 68.5 Å². The summed E-state index contributed by atoms with van der Waals surface area (Å²) in [6.07, 6.45) is 8.44. The van der Waals surface area contributed by atoms with E-state index >= 15 is 0 Å². The Morgan fingerprint density at radius 3 is 2.36 bits per heavy atom. The Kier molecular flexibility index (Phi) is 3.88. The molecular weight excluding hydrogens is 319 g/mol. The number of pyridine rings is 1. The lowest BCUT2D eigenvalue weighted by Crippen LogP contribution is -2.09. The number of rotatable bonds is 4. The first kappa shape index (κ1) is 14.9. The van der Waals surface area contributed by atoms with E-state index in [1.54, 1.807) is 54.0 Å². The summed E-state index contributed by atoms with van der Waals surface area (Å²) in [6.45, 7) is 0. The Hall–Kier alpha value is -3.61. The molecule has 0 amide bonds. The molecule has 0 saturated heterocycles. The van der Waals surface area contributed by atoms with Gasteiger partial charge in [0.25, 0.3) is 0 Å². The second-order valence-corrected chi connectivity index (χ2v) is 5.29. The van der Waals surface area contributed by atoms with Gasteiger partial charge in [-0.2, -0.15) is 0 Å². The Morgan fingerprint density at radius 2 is 1.64 bits per heavy atom. The average Bonchev–Trinajstić information content (AvgIpc) is 3.16. The average molecular weight is 332 g/mol. The first-order chi connectivity index (χ1) is 12.3. The number of halogens is 1. The zero-order valence-corrected chi connectivity index (χ0v) is 13.0. The molecule has 7 heteroatoms.